The molecule has 7 nitrogen and oxygen atoms in total. The lowest BCUT2D eigenvalue weighted by atomic mass is 10.2. The number of H-pyrrole nitrogens is 1. The maximum atomic E-state index is 11.9. The topological polar surface area (TPSA) is 81.4 Å². The summed E-state index contributed by atoms with van der Waals surface area (Å²) in [7, 11) is 0. The molecule has 128 valence electrons. The molecule has 2 aliphatic rings. The Kier molecular flexibility index (Phi) is 3.70. The molecule has 1 aliphatic carbocycles. The Morgan fingerprint density at radius 1 is 1.20 bits per heavy atom. The predicted molar refractivity (Wildman–Crippen MR) is 97.1 cm³/mol. The van der Waals surface area contributed by atoms with Gasteiger partial charge in [-0.05, 0) is 12.8 Å². The molecule has 0 amide bonds. The second kappa shape index (κ2) is 6.06. The largest absolute Gasteiger partial charge is 0.344 e. The second-order valence-corrected chi connectivity index (χ2v) is 8.20. The van der Waals surface area contributed by atoms with Gasteiger partial charge in [-0.2, -0.15) is 0 Å². The van der Waals surface area contributed by atoms with Gasteiger partial charge >= 0.3 is 5.69 Å². The summed E-state index contributed by atoms with van der Waals surface area (Å²) in [5.74, 6) is 2.72. The molecule has 1 N–H and O–H groups in total. The Balaban J connectivity index is 1.40. The van der Waals surface area contributed by atoms with E-state index in [0.29, 0.717) is 6.04 Å². The van der Waals surface area contributed by atoms with Gasteiger partial charge in [0.2, 0.25) is 0 Å². The van der Waals surface area contributed by atoms with E-state index < -0.39 is 0 Å². The molecule has 3 aromatic rings. The zero-order chi connectivity index (χ0) is 16.8. The van der Waals surface area contributed by atoms with Gasteiger partial charge in [0.1, 0.15) is 0 Å². The second-order valence-electron chi connectivity index (χ2n) is 6.23. The number of fused-ring (bicyclic) bond motifs is 1. The number of thioether (sulfide) groups is 2. The highest BCUT2D eigenvalue weighted by Gasteiger charge is 2.31. The summed E-state index contributed by atoms with van der Waals surface area (Å²) >= 11 is 3.37. The van der Waals surface area contributed by atoms with Gasteiger partial charge in [0, 0.05) is 23.1 Å². The van der Waals surface area contributed by atoms with Gasteiger partial charge in [0.25, 0.3) is 0 Å². The van der Waals surface area contributed by atoms with Gasteiger partial charge < -0.3 is 0 Å². The van der Waals surface area contributed by atoms with Gasteiger partial charge in [-0.1, -0.05) is 53.9 Å². The number of benzene rings is 1. The highest BCUT2D eigenvalue weighted by Crippen LogP contribution is 2.40. The smallest absolute Gasteiger partial charge is 0.297 e. The molecule has 0 saturated heterocycles. The number of hydrogen-bond acceptors (Lipinski definition) is 6. The van der Waals surface area contributed by atoms with Gasteiger partial charge in [-0.3, -0.25) is 9.13 Å². The maximum Gasteiger partial charge on any atom is 0.344 e. The van der Waals surface area contributed by atoms with E-state index >= 15 is 0 Å². The normalized spacial score (nSPS) is 19.3. The van der Waals surface area contributed by atoms with Crippen molar-refractivity contribution in [3.05, 3.63) is 40.8 Å². The van der Waals surface area contributed by atoms with Crippen molar-refractivity contribution < 1.29 is 0 Å². The van der Waals surface area contributed by atoms with Crippen LogP contribution in [0.3, 0.4) is 0 Å². The number of rotatable bonds is 5. The Labute approximate surface area is 152 Å². The van der Waals surface area contributed by atoms with Crippen LogP contribution in [0.15, 0.2) is 45.4 Å². The predicted octanol–water partition coefficient (Wildman–Crippen LogP) is 2.60. The lowest BCUT2D eigenvalue weighted by Crippen LogP contribution is -2.17. The number of hydrogen-bond donors (Lipinski definition) is 1. The van der Waals surface area contributed by atoms with E-state index in [4.69, 9.17) is 0 Å². The minimum atomic E-state index is -0.0965. The fourth-order valence-corrected chi connectivity index (χ4v) is 5.39. The van der Waals surface area contributed by atoms with Crippen LogP contribution >= 0.6 is 23.5 Å². The van der Waals surface area contributed by atoms with E-state index in [9.17, 15) is 4.79 Å². The third-order valence-electron chi connectivity index (χ3n) is 4.46. The van der Waals surface area contributed by atoms with Crippen LogP contribution in [-0.4, -0.2) is 41.0 Å². The summed E-state index contributed by atoms with van der Waals surface area (Å²) in [5, 5.41) is 17.3. The third-order valence-corrected chi connectivity index (χ3v) is 6.64. The molecule has 1 saturated carbocycles. The molecular formula is C16H16N6OS2. The quantitative estimate of drug-likeness (QED) is 0.694. The highest BCUT2D eigenvalue weighted by atomic mass is 32.2. The summed E-state index contributed by atoms with van der Waals surface area (Å²) in [5.41, 5.74) is 0.981. The SMILES string of the molecule is O=c1[nH]nc(SCC2CSc3nnc(-c4ccccc4)n32)n1C1CC1. The van der Waals surface area contributed by atoms with Gasteiger partial charge in [0.15, 0.2) is 16.1 Å². The van der Waals surface area contributed by atoms with Gasteiger partial charge in [-0.25, -0.2) is 9.89 Å². The fourth-order valence-electron chi connectivity index (χ4n) is 3.07. The average molecular weight is 372 g/mol. The Morgan fingerprint density at radius 2 is 2.04 bits per heavy atom. The van der Waals surface area contributed by atoms with Crippen LogP contribution in [0.5, 0.6) is 0 Å². The van der Waals surface area contributed by atoms with Crippen molar-refractivity contribution in [1.29, 1.82) is 0 Å². The van der Waals surface area contributed by atoms with Crippen LogP contribution in [0.4, 0.5) is 0 Å². The molecule has 1 fully saturated rings. The molecule has 25 heavy (non-hydrogen) atoms. The van der Waals surface area contributed by atoms with Crippen molar-refractivity contribution >= 4 is 23.5 Å². The Morgan fingerprint density at radius 3 is 2.84 bits per heavy atom. The standard InChI is InChI=1S/C16H16N6OS2/c23-14-18-20-16(22(14)11-6-7-11)25-9-12-8-24-15-19-17-13(21(12)15)10-4-2-1-3-5-10/h1-5,11-12H,6-9H2,(H,18,23). The molecule has 3 heterocycles. The molecular weight excluding hydrogens is 356 g/mol. The van der Waals surface area contributed by atoms with Crippen LogP contribution in [0.1, 0.15) is 24.9 Å². The van der Waals surface area contributed by atoms with E-state index in [0.717, 1.165) is 46.0 Å². The van der Waals surface area contributed by atoms with Crippen molar-refractivity contribution in [2.24, 2.45) is 0 Å². The van der Waals surface area contributed by atoms with Crippen molar-refractivity contribution in [3.8, 4) is 11.4 Å². The van der Waals surface area contributed by atoms with Crippen molar-refractivity contribution in [1.82, 2.24) is 29.5 Å². The van der Waals surface area contributed by atoms with Gasteiger partial charge in [0.05, 0.1) is 6.04 Å². The fraction of sp³-hybridized carbons (Fsp3) is 0.375. The summed E-state index contributed by atoms with van der Waals surface area (Å²) in [4.78, 5) is 11.9. The summed E-state index contributed by atoms with van der Waals surface area (Å²) < 4.78 is 4.02. The van der Waals surface area contributed by atoms with Crippen molar-refractivity contribution in [2.45, 2.75) is 35.2 Å². The molecule has 1 unspecified atom stereocenters. The third kappa shape index (κ3) is 2.71. The lowest BCUT2D eigenvalue weighted by Gasteiger charge is -2.14. The zero-order valence-corrected chi connectivity index (χ0v) is 15.0. The van der Waals surface area contributed by atoms with E-state index in [1.807, 2.05) is 18.2 Å². The van der Waals surface area contributed by atoms with Crippen LogP contribution in [0.2, 0.25) is 0 Å². The number of aromatic amines is 1. The van der Waals surface area contributed by atoms with E-state index in [1.165, 1.54) is 0 Å². The lowest BCUT2D eigenvalue weighted by molar-refractivity contribution is 0.593. The molecule has 0 radical (unpaired) electrons. The van der Waals surface area contributed by atoms with E-state index in [2.05, 4.69) is 37.1 Å². The first kappa shape index (κ1) is 15.3. The number of nitrogens with zero attached hydrogens (tertiary/aromatic N) is 5. The van der Waals surface area contributed by atoms with Crippen LogP contribution in [0.25, 0.3) is 11.4 Å². The zero-order valence-electron chi connectivity index (χ0n) is 13.3. The number of nitrogens with one attached hydrogen (secondary N) is 1. The van der Waals surface area contributed by atoms with Crippen LogP contribution in [0, 0.1) is 0 Å². The Bertz CT molecular complexity index is 959. The van der Waals surface area contributed by atoms with Crippen molar-refractivity contribution in [2.75, 3.05) is 11.5 Å². The molecule has 0 bridgehead atoms. The average Bonchev–Trinajstić information content (AvgIpc) is 3.09. The molecule has 1 atom stereocenters. The van der Waals surface area contributed by atoms with Gasteiger partial charge in [-0.15, -0.1) is 15.3 Å². The summed E-state index contributed by atoms with van der Waals surface area (Å²) in [6, 6.07) is 10.8. The molecule has 5 rings (SSSR count). The monoisotopic (exact) mass is 372 g/mol. The first-order valence-corrected chi connectivity index (χ1v) is 10.2. The van der Waals surface area contributed by atoms with E-state index in [-0.39, 0.29) is 11.7 Å². The molecule has 0 spiro atoms. The molecule has 2 aromatic heterocycles. The maximum absolute atomic E-state index is 11.9. The van der Waals surface area contributed by atoms with Crippen LogP contribution in [-0.2, 0) is 0 Å². The minimum absolute atomic E-state index is 0.0965. The minimum Gasteiger partial charge on any atom is -0.297 e. The Hall–Kier alpha value is -2.00. The van der Waals surface area contributed by atoms with E-state index in [1.54, 1.807) is 28.1 Å². The first-order chi connectivity index (χ1) is 12.3. The molecule has 1 aliphatic heterocycles. The van der Waals surface area contributed by atoms with Crippen molar-refractivity contribution in [3.63, 3.8) is 0 Å². The summed E-state index contributed by atoms with van der Waals surface area (Å²) in [6.07, 6.45) is 2.14. The summed E-state index contributed by atoms with van der Waals surface area (Å²) in [6.45, 7) is 0. The highest BCUT2D eigenvalue weighted by molar-refractivity contribution is 8.00. The molecule has 1 aromatic carbocycles. The van der Waals surface area contributed by atoms with Crippen LogP contribution < -0.4 is 5.69 Å². The molecule has 9 heteroatoms. The number of aromatic nitrogens is 6. The first-order valence-electron chi connectivity index (χ1n) is 8.24.